The van der Waals surface area contributed by atoms with Crippen molar-refractivity contribution in [3.63, 3.8) is 0 Å². The number of nitrogens with one attached hydrogen (secondary N) is 1. The molecule has 0 radical (unpaired) electrons. The van der Waals surface area contributed by atoms with Gasteiger partial charge >= 0.3 is 0 Å². The van der Waals surface area contributed by atoms with Crippen LogP contribution in [-0.4, -0.2) is 40.8 Å². The second-order valence-corrected chi connectivity index (χ2v) is 6.34. The summed E-state index contributed by atoms with van der Waals surface area (Å²) in [5.41, 5.74) is -0.740. The van der Waals surface area contributed by atoms with Gasteiger partial charge in [-0.25, -0.2) is 9.97 Å². The Morgan fingerprint density at radius 3 is 2.65 bits per heavy atom. The number of aliphatic hydroxyl groups is 1. The number of rotatable bonds is 7. The molecule has 0 unspecified atom stereocenters. The molecule has 0 spiro atoms. The molecule has 0 atom stereocenters. The lowest BCUT2D eigenvalue weighted by atomic mass is 10.1. The van der Waals surface area contributed by atoms with Crippen molar-refractivity contribution in [2.75, 3.05) is 30.4 Å². The third-order valence-corrected chi connectivity index (χ3v) is 3.24. The Morgan fingerprint density at radius 1 is 1.40 bits per heavy atom. The van der Waals surface area contributed by atoms with E-state index in [2.05, 4.69) is 22.2 Å². The highest BCUT2D eigenvalue weighted by atomic mass is 16.3. The van der Waals surface area contributed by atoms with Gasteiger partial charge in [-0.3, -0.25) is 0 Å². The molecular formula is C15H26N4O. The van der Waals surface area contributed by atoms with E-state index in [-0.39, 0.29) is 0 Å². The Labute approximate surface area is 121 Å². The van der Waals surface area contributed by atoms with Crippen LogP contribution in [0, 0.1) is 0 Å². The summed E-state index contributed by atoms with van der Waals surface area (Å²) in [6, 6.07) is 1.97. The molecule has 5 heteroatoms. The van der Waals surface area contributed by atoms with E-state index in [1.54, 1.807) is 0 Å². The van der Waals surface area contributed by atoms with Crippen molar-refractivity contribution >= 4 is 11.6 Å². The summed E-state index contributed by atoms with van der Waals surface area (Å²) in [6.45, 7) is 7.21. The molecule has 0 bridgehead atoms. The van der Waals surface area contributed by atoms with Gasteiger partial charge in [-0.2, -0.15) is 0 Å². The van der Waals surface area contributed by atoms with Gasteiger partial charge in [0.25, 0.3) is 0 Å². The Balaban J connectivity index is 2.19. The van der Waals surface area contributed by atoms with Crippen molar-refractivity contribution in [1.82, 2.24) is 9.97 Å². The topological polar surface area (TPSA) is 61.3 Å². The summed E-state index contributed by atoms with van der Waals surface area (Å²) in [7, 11) is 1.96. The third kappa shape index (κ3) is 4.34. The van der Waals surface area contributed by atoms with Crippen molar-refractivity contribution in [3.8, 4) is 0 Å². The monoisotopic (exact) mass is 278 g/mol. The average molecular weight is 278 g/mol. The maximum Gasteiger partial charge on any atom is 0.136 e. The first-order valence-corrected chi connectivity index (χ1v) is 7.45. The number of hydrogen-bond donors (Lipinski definition) is 2. The normalized spacial score (nSPS) is 15.2. The zero-order valence-corrected chi connectivity index (χ0v) is 13.0. The largest absolute Gasteiger partial charge is 0.389 e. The van der Waals surface area contributed by atoms with Crippen LogP contribution in [-0.2, 0) is 0 Å². The smallest absolute Gasteiger partial charge is 0.136 e. The van der Waals surface area contributed by atoms with Crippen LogP contribution < -0.4 is 10.2 Å². The molecule has 1 aliphatic carbocycles. The maximum absolute atomic E-state index is 9.95. The summed E-state index contributed by atoms with van der Waals surface area (Å²) >= 11 is 0. The van der Waals surface area contributed by atoms with Crippen molar-refractivity contribution < 1.29 is 5.11 Å². The molecule has 1 fully saturated rings. The molecule has 5 nitrogen and oxygen atoms in total. The van der Waals surface area contributed by atoms with Crippen LogP contribution in [0.2, 0.25) is 0 Å². The Bertz CT molecular complexity index is 452. The minimum atomic E-state index is -0.740. The molecule has 0 amide bonds. The van der Waals surface area contributed by atoms with Gasteiger partial charge in [-0.1, -0.05) is 6.92 Å². The van der Waals surface area contributed by atoms with Crippen molar-refractivity contribution in [1.29, 1.82) is 0 Å². The van der Waals surface area contributed by atoms with Gasteiger partial charge in [0.05, 0.1) is 5.60 Å². The summed E-state index contributed by atoms with van der Waals surface area (Å²) in [6.07, 6.45) is 3.44. The van der Waals surface area contributed by atoms with Crippen LogP contribution in [0.4, 0.5) is 11.6 Å². The van der Waals surface area contributed by atoms with Gasteiger partial charge in [0.15, 0.2) is 0 Å². The highest BCUT2D eigenvalue weighted by molar-refractivity contribution is 5.49. The zero-order valence-electron chi connectivity index (χ0n) is 13.0. The van der Waals surface area contributed by atoms with E-state index in [1.165, 1.54) is 12.8 Å². The summed E-state index contributed by atoms with van der Waals surface area (Å²) < 4.78 is 0. The molecule has 2 rings (SSSR count). The van der Waals surface area contributed by atoms with Gasteiger partial charge in [0.1, 0.15) is 17.5 Å². The number of nitrogens with zero attached hydrogens (tertiary/aromatic N) is 3. The maximum atomic E-state index is 9.95. The molecule has 2 N–H and O–H groups in total. The van der Waals surface area contributed by atoms with Crippen LogP contribution in [0.25, 0.3) is 0 Å². The van der Waals surface area contributed by atoms with Gasteiger partial charge in [-0.05, 0) is 33.1 Å². The molecule has 20 heavy (non-hydrogen) atoms. The highest BCUT2D eigenvalue weighted by Gasteiger charge is 2.28. The number of aromatic nitrogens is 2. The summed E-state index contributed by atoms with van der Waals surface area (Å²) in [5, 5.41) is 13.3. The van der Waals surface area contributed by atoms with Crippen molar-refractivity contribution in [3.05, 3.63) is 11.9 Å². The minimum Gasteiger partial charge on any atom is -0.389 e. The molecule has 112 valence electrons. The van der Waals surface area contributed by atoms with E-state index < -0.39 is 5.60 Å². The van der Waals surface area contributed by atoms with Crippen molar-refractivity contribution in [2.24, 2.45) is 0 Å². The molecule has 1 aliphatic rings. The van der Waals surface area contributed by atoms with Crippen LogP contribution in [0.15, 0.2) is 6.07 Å². The van der Waals surface area contributed by atoms with Gasteiger partial charge < -0.3 is 15.3 Å². The minimum absolute atomic E-state index is 0.521. The molecule has 1 aromatic rings. The predicted molar refractivity (Wildman–Crippen MR) is 82.4 cm³/mol. The molecule has 0 aromatic carbocycles. The van der Waals surface area contributed by atoms with Gasteiger partial charge in [0.2, 0.25) is 0 Å². The van der Waals surface area contributed by atoms with E-state index in [0.717, 1.165) is 30.4 Å². The first kappa shape index (κ1) is 15.0. The second kappa shape index (κ2) is 5.95. The van der Waals surface area contributed by atoms with E-state index in [4.69, 9.17) is 0 Å². The van der Waals surface area contributed by atoms with Crippen LogP contribution in [0.5, 0.6) is 0 Å². The molecule has 1 heterocycles. The summed E-state index contributed by atoms with van der Waals surface area (Å²) in [4.78, 5) is 11.2. The zero-order chi connectivity index (χ0) is 14.8. The van der Waals surface area contributed by atoms with Crippen molar-refractivity contribution in [2.45, 2.75) is 51.6 Å². The van der Waals surface area contributed by atoms with E-state index >= 15 is 0 Å². The first-order chi connectivity index (χ1) is 9.39. The number of anilines is 2. The average Bonchev–Trinajstić information content (AvgIpc) is 3.18. The lowest BCUT2D eigenvalue weighted by Crippen LogP contribution is -2.36. The fourth-order valence-corrected chi connectivity index (χ4v) is 2.18. The molecule has 1 aromatic heterocycles. The fourth-order valence-electron chi connectivity index (χ4n) is 2.18. The molecule has 1 saturated carbocycles. The summed E-state index contributed by atoms with van der Waals surface area (Å²) in [5.74, 6) is 3.22. The fraction of sp³-hybridized carbons (Fsp3) is 0.733. The quantitative estimate of drug-likeness (QED) is 0.802. The number of hydrogen-bond acceptors (Lipinski definition) is 5. The Hall–Kier alpha value is -1.36. The highest BCUT2D eigenvalue weighted by Crippen LogP contribution is 2.39. The number of likely N-dealkylation sites (N-methyl/N-ethyl adjacent to an activating group) is 1. The van der Waals surface area contributed by atoms with Gasteiger partial charge in [-0.15, -0.1) is 0 Å². The Kier molecular flexibility index (Phi) is 4.48. The first-order valence-electron chi connectivity index (χ1n) is 7.45. The van der Waals surface area contributed by atoms with Crippen LogP contribution >= 0.6 is 0 Å². The van der Waals surface area contributed by atoms with E-state index in [1.807, 2.05) is 31.9 Å². The SMILES string of the molecule is CCCNc1cc(N(C)CC(C)(C)O)nc(C2CC2)n1. The van der Waals surface area contributed by atoms with Crippen LogP contribution in [0.1, 0.15) is 51.8 Å². The predicted octanol–water partition coefficient (Wildman–Crippen LogP) is 2.38. The standard InChI is InChI=1S/C15H26N4O/c1-5-8-16-12-9-13(19(4)10-15(2,3)20)18-14(17-12)11-6-7-11/h9,11,20H,5-8,10H2,1-4H3,(H,16,17,18). The molecular weight excluding hydrogens is 252 g/mol. The second-order valence-electron chi connectivity index (χ2n) is 6.34. The molecule has 0 aliphatic heterocycles. The lowest BCUT2D eigenvalue weighted by molar-refractivity contribution is 0.0884. The Morgan fingerprint density at radius 2 is 2.10 bits per heavy atom. The van der Waals surface area contributed by atoms with Gasteiger partial charge in [0, 0.05) is 32.1 Å². The van der Waals surface area contributed by atoms with E-state index in [9.17, 15) is 5.11 Å². The third-order valence-electron chi connectivity index (χ3n) is 3.24. The van der Waals surface area contributed by atoms with E-state index in [0.29, 0.717) is 12.5 Å². The lowest BCUT2D eigenvalue weighted by Gasteiger charge is -2.27. The van der Waals surface area contributed by atoms with Crippen LogP contribution in [0.3, 0.4) is 0 Å². The molecule has 0 saturated heterocycles.